The molecule has 0 amide bonds. The van der Waals surface area contributed by atoms with Crippen molar-refractivity contribution < 1.29 is 33.7 Å². The van der Waals surface area contributed by atoms with Gasteiger partial charge in [0.15, 0.2) is 12.7 Å². The summed E-state index contributed by atoms with van der Waals surface area (Å²) in [5.41, 5.74) is 5.83. The maximum Gasteiger partial charge on any atom is 0.493 e. The Labute approximate surface area is 206 Å². The molecular formula is C28H21IrN3O. The van der Waals surface area contributed by atoms with Crippen LogP contribution in [-0.2, 0) is 20.1 Å². The van der Waals surface area contributed by atoms with Crippen molar-refractivity contribution in [2.24, 2.45) is 0 Å². The van der Waals surface area contributed by atoms with Crippen molar-refractivity contribution in [3.63, 3.8) is 0 Å². The summed E-state index contributed by atoms with van der Waals surface area (Å²) in [6, 6.07) is 33.5. The molecule has 0 bridgehead atoms. The van der Waals surface area contributed by atoms with E-state index in [0.717, 1.165) is 38.9 Å². The number of hydrogen-bond donors (Lipinski definition) is 0. The Hall–Kier alpha value is -3.62. The molecule has 0 fully saturated rings. The van der Waals surface area contributed by atoms with Crippen molar-refractivity contribution in [1.82, 2.24) is 4.98 Å². The largest absolute Gasteiger partial charge is 0.509 e. The summed E-state index contributed by atoms with van der Waals surface area (Å²) in [7, 11) is 1.94. The zero-order chi connectivity index (χ0) is 21.9. The van der Waals surface area contributed by atoms with Crippen LogP contribution in [0.15, 0.2) is 95.8 Å². The quantitative estimate of drug-likeness (QED) is 0.177. The first kappa shape index (κ1) is 22.6. The number of nitrogens with zero attached hydrogens (tertiary/aromatic N) is 3. The van der Waals surface area contributed by atoms with Crippen LogP contribution in [0.2, 0.25) is 0 Å². The molecule has 0 N–H and O–H groups in total. The van der Waals surface area contributed by atoms with Crippen LogP contribution in [0.3, 0.4) is 0 Å². The van der Waals surface area contributed by atoms with Gasteiger partial charge >= 0.3 is 6.01 Å². The number of pyridine rings is 1. The van der Waals surface area contributed by atoms with Crippen LogP contribution in [0.4, 0.5) is 5.69 Å². The van der Waals surface area contributed by atoms with Crippen LogP contribution in [0.1, 0.15) is 5.56 Å². The first-order chi connectivity index (χ1) is 15.7. The number of fused-ring (bicyclic) bond motifs is 3. The normalized spacial score (nSPS) is 12.1. The fraction of sp³-hybridized carbons (Fsp3) is 0.0714. The molecule has 0 spiro atoms. The molecule has 33 heavy (non-hydrogen) atoms. The van der Waals surface area contributed by atoms with Gasteiger partial charge in [-0.2, -0.15) is 12.1 Å². The van der Waals surface area contributed by atoms with Crippen LogP contribution < -0.4 is 0 Å². The number of para-hydroxylation sites is 1. The predicted octanol–water partition coefficient (Wildman–Crippen LogP) is 6.19. The van der Waals surface area contributed by atoms with Crippen molar-refractivity contribution in [2.45, 2.75) is 6.92 Å². The molecule has 5 heteroatoms. The van der Waals surface area contributed by atoms with Crippen molar-refractivity contribution in [2.75, 3.05) is 7.05 Å². The van der Waals surface area contributed by atoms with Crippen molar-refractivity contribution in [3.05, 3.63) is 109 Å². The third kappa shape index (κ3) is 4.76. The molecule has 1 aliphatic rings. The zero-order valence-corrected chi connectivity index (χ0v) is 20.6. The Kier molecular flexibility index (Phi) is 6.76. The number of rotatable bonds is 2. The predicted molar refractivity (Wildman–Crippen MR) is 126 cm³/mol. The second-order valence-electron chi connectivity index (χ2n) is 7.54. The second-order valence-corrected chi connectivity index (χ2v) is 7.54. The van der Waals surface area contributed by atoms with Gasteiger partial charge in [0, 0.05) is 31.7 Å². The standard InChI is InChI=1S/C16H11N2O.C12H10N.Ir/c1-17-9-10-18(11-17)14-7-4-6-13-12-5-2-3-8-15(12)19-16(13)14;1-10-7-8-12(13-9-10)11-5-3-2-4-6-11;/h2-6,8-10H,1H3;2-5,7-9H,1H3;/q+1;-1;. The summed E-state index contributed by atoms with van der Waals surface area (Å²) < 4.78 is 9.73. The maximum absolute atomic E-state index is 5.97. The van der Waals surface area contributed by atoms with Crippen LogP contribution in [0, 0.1) is 19.1 Å². The van der Waals surface area contributed by atoms with E-state index in [9.17, 15) is 0 Å². The molecule has 0 saturated carbocycles. The molecule has 0 aliphatic carbocycles. The Morgan fingerprint density at radius 1 is 0.879 bits per heavy atom. The fourth-order valence-electron chi connectivity index (χ4n) is 3.56. The average Bonchev–Trinajstić information content (AvgIpc) is 3.44. The van der Waals surface area contributed by atoms with Gasteiger partial charge in [0.1, 0.15) is 5.58 Å². The van der Waals surface area contributed by atoms with E-state index in [2.05, 4.69) is 35.3 Å². The molecule has 0 atom stereocenters. The summed E-state index contributed by atoms with van der Waals surface area (Å²) in [5.74, 6) is 0. The van der Waals surface area contributed by atoms with Gasteiger partial charge in [-0.05, 0) is 24.2 Å². The van der Waals surface area contributed by atoms with E-state index in [1.165, 1.54) is 5.56 Å². The van der Waals surface area contributed by atoms with Crippen molar-refractivity contribution in [3.8, 4) is 11.3 Å². The van der Waals surface area contributed by atoms with Gasteiger partial charge in [-0.25, -0.2) is 0 Å². The van der Waals surface area contributed by atoms with Crippen LogP contribution >= 0.6 is 0 Å². The van der Waals surface area contributed by atoms with E-state index in [0.29, 0.717) is 0 Å². The zero-order valence-electron chi connectivity index (χ0n) is 18.2. The Balaban J connectivity index is 0.000000164. The fourth-order valence-corrected chi connectivity index (χ4v) is 3.56. The van der Waals surface area contributed by atoms with Gasteiger partial charge in [0.25, 0.3) is 6.20 Å². The van der Waals surface area contributed by atoms with Gasteiger partial charge in [-0.1, -0.05) is 44.9 Å². The second kappa shape index (κ2) is 9.89. The molecule has 1 radical (unpaired) electrons. The molecule has 2 aromatic heterocycles. The van der Waals surface area contributed by atoms with Crippen LogP contribution in [0.5, 0.6) is 0 Å². The van der Waals surface area contributed by atoms with Crippen molar-refractivity contribution >= 4 is 33.6 Å². The average molecular weight is 608 g/mol. The van der Waals surface area contributed by atoms with Gasteiger partial charge in [-0.3, -0.25) is 0 Å². The molecule has 0 saturated heterocycles. The first-order valence-corrected chi connectivity index (χ1v) is 10.4. The van der Waals surface area contributed by atoms with E-state index >= 15 is 0 Å². The number of hydrogen-bond acceptors (Lipinski definition) is 2. The molecule has 1 aliphatic heterocycles. The number of aryl methyl sites for hydroxylation is 1. The van der Waals surface area contributed by atoms with Gasteiger partial charge in [0.2, 0.25) is 6.20 Å². The van der Waals surface area contributed by atoms with E-state index < -0.39 is 0 Å². The summed E-state index contributed by atoms with van der Waals surface area (Å²) in [4.78, 5) is 4.32. The third-order valence-corrected chi connectivity index (χ3v) is 5.16. The minimum Gasteiger partial charge on any atom is -0.509 e. The first-order valence-electron chi connectivity index (χ1n) is 10.4. The SMILES string of the molecule is C[N+]1=C=[N+](c2[c-]ccc3c2oc2ccccc23)C=C1.Cc1ccc(-c2[c-]cccc2)nc1.[Ir]. The smallest absolute Gasteiger partial charge is 0.493 e. The third-order valence-electron chi connectivity index (χ3n) is 5.16. The Morgan fingerprint density at radius 3 is 2.45 bits per heavy atom. The molecular weight excluding hydrogens is 587 g/mol. The molecule has 6 rings (SSSR count). The van der Waals surface area contributed by atoms with Crippen LogP contribution in [-0.4, -0.2) is 27.2 Å². The molecule has 3 heterocycles. The van der Waals surface area contributed by atoms with E-state index in [1.54, 1.807) is 0 Å². The van der Waals surface area contributed by atoms with E-state index in [-0.39, 0.29) is 20.1 Å². The minimum absolute atomic E-state index is 0. The number of benzene rings is 3. The molecule has 0 unspecified atom stereocenters. The topological polar surface area (TPSA) is 32.0 Å². The number of aromatic nitrogens is 1. The molecule has 4 nitrogen and oxygen atoms in total. The van der Waals surface area contributed by atoms with Gasteiger partial charge < -0.3 is 9.40 Å². The molecule has 3 aromatic carbocycles. The Morgan fingerprint density at radius 2 is 1.73 bits per heavy atom. The maximum atomic E-state index is 5.97. The summed E-state index contributed by atoms with van der Waals surface area (Å²) >= 11 is 0. The Bertz CT molecular complexity index is 1510. The van der Waals surface area contributed by atoms with Gasteiger partial charge in [-0.15, -0.1) is 42.0 Å². The minimum atomic E-state index is 0. The van der Waals surface area contributed by atoms with Crippen molar-refractivity contribution in [1.29, 1.82) is 0 Å². The van der Waals surface area contributed by atoms with E-state index in [1.807, 2.05) is 102 Å². The monoisotopic (exact) mass is 608 g/mol. The van der Waals surface area contributed by atoms with Gasteiger partial charge in [0.05, 0.1) is 5.58 Å². The summed E-state index contributed by atoms with van der Waals surface area (Å²) in [6.45, 7) is 2.03. The van der Waals surface area contributed by atoms with E-state index in [4.69, 9.17) is 4.42 Å². The summed E-state index contributed by atoms with van der Waals surface area (Å²) in [5, 5.41) is 2.23. The van der Waals surface area contributed by atoms with Crippen LogP contribution in [0.25, 0.3) is 33.2 Å². The molecule has 5 aromatic rings. The summed E-state index contributed by atoms with van der Waals surface area (Å²) in [6.07, 6.45) is 5.75. The number of furan rings is 1. The molecule has 163 valence electrons.